The Labute approximate surface area is 135 Å². The van der Waals surface area contributed by atoms with Gasteiger partial charge in [0.2, 0.25) is 11.8 Å². The number of nitrogens with zero attached hydrogens (tertiary/aromatic N) is 3. The highest BCUT2D eigenvalue weighted by atomic mass is 16.5. The lowest BCUT2D eigenvalue weighted by atomic mass is 10.1. The van der Waals surface area contributed by atoms with Crippen LogP contribution in [-0.4, -0.2) is 47.3 Å². The van der Waals surface area contributed by atoms with E-state index in [1.165, 1.54) is 0 Å². The van der Waals surface area contributed by atoms with Gasteiger partial charge in [0, 0.05) is 12.5 Å². The third-order valence-corrected chi connectivity index (χ3v) is 4.15. The Morgan fingerprint density at radius 2 is 2.13 bits per heavy atom. The molecule has 23 heavy (non-hydrogen) atoms. The van der Waals surface area contributed by atoms with E-state index in [1.807, 2.05) is 20.8 Å². The first-order valence-corrected chi connectivity index (χ1v) is 8.13. The Balaban J connectivity index is 1.71. The summed E-state index contributed by atoms with van der Waals surface area (Å²) in [5.41, 5.74) is 0.769. The smallest absolute Gasteiger partial charge is 0.253 e. The zero-order valence-electron chi connectivity index (χ0n) is 13.9. The summed E-state index contributed by atoms with van der Waals surface area (Å²) in [6.45, 7) is 7.99. The minimum atomic E-state index is -0.363. The number of morpholine rings is 1. The Morgan fingerprint density at radius 1 is 1.30 bits per heavy atom. The fourth-order valence-corrected chi connectivity index (χ4v) is 2.78. The van der Waals surface area contributed by atoms with Crippen LogP contribution in [0.25, 0.3) is 0 Å². The first-order chi connectivity index (χ1) is 11.1. The molecule has 3 rings (SSSR count). The number of hydrogen-bond donors (Lipinski definition) is 0. The number of allylic oxidation sites excluding steroid dienone is 1. The number of aromatic nitrogens is 2. The van der Waals surface area contributed by atoms with E-state index in [0.29, 0.717) is 38.1 Å². The van der Waals surface area contributed by atoms with Gasteiger partial charge in [-0.05, 0) is 19.8 Å². The maximum Gasteiger partial charge on any atom is 0.253 e. The second-order valence-corrected chi connectivity index (χ2v) is 6.23. The van der Waals surface area contributed by atoms with E-state index in [2.05, 4.69) is 10.2 Å². The van der Waals surface area contributed by atoms with Crippen molar-refractivity contribution in [3.8, 4) is 0 Å². The van der Waals surface area contributed by atoms with Gasteiger partial charge in [-0.1, -0.05) is 13.8 Å². The van der Waals surface area contributed by atoms with Crippen LogP contribution in [0.3, 0.4) is 0 Å². The number of carbonyl (C=O) groups is 1. The molecule has 1 fully saturated rings. The SMILES string of the molecule is CC1=C(C(=O)N2CCO[C@@H](c3nnc(C(C)C)o3)C2)CCCO1. The van der Waals surface area contributed by atoms with Crippen LogP contribution in [0.15, 0.2) is 15.7 Å². The molecule has 1 aromatic rings. The van der Waals surface area contributed by atoms with Gasteiger partial charge < -0.3 is 18.8 Å². The third kappa shape index (κ3) is 3.39. The standard InChI is InChI=1S/C16H23N3O4/c1-10(2)14-17-18-15(23-14)13-9-19(6-8-22-13)16(20)12-5-4-7-21-11(12)3/h10,13H,4-9H2,1-3H3/t13-/m1/s1. The molecule has 0 bridgehead atoms. The van der Waals surface area contributed by atoms with Gasteiger partial charge >= 0.3 is 0 Å². The fraction of sp³-hybridized carbons (Fsp3) is 0.688. The number of ether oxygens (including phenoxy) is 2. The van der Waals surface area contributed by atoms with Crippen molar-refractivity contribution in [2.75, 3.05) is 26.3 Å². The van der Waals surface area contributed by atoms with Crippen LogP contribution in [0.4, 0.5) is 0 Å². The van der Waals surface area contributed by atoms with Gasteiger partial charge in [-0.15, -0.1) is 10.2 Å². The molecule has 1 atom stereocenters. The van der Waals surface area contributed by atoms with Gasteiger partial charge in [0.1, 0.15) is 5.76 Å². The molecule has 0 N–H and O–H groups in total. The predicted octanol–water partition coefficient (Wildman–Crippen LogP) is 2.18. The number of amides is 1. The van der Waals surface area contributed by atoms with E-state index in [0.717, 1.165) is 24.2 Å². The lowest BCUT2D eigenvalue weighted by molar-refractivity contribution is -0.136. The summed E-state index contributed by atoms with van der Waals surface area (Å²) in [4.78, 5) is 14.5. The second kappa shape index (κ2) is 6.70. The summed E-state index contributed by atoms with van der Waals surface area (Å²) < 4.78 is 16.9. The lowest BCUT2D eigenvalue weighted by Gasteiger charge is -2.33. The van der Waals surface area contributed by atoms with E-state index < -0.39 is 0 Å². The highest BCUT2D eigenvalue weighted by molar-refractivity contribution is 5.94. The molecule has 2 aliphatic heterocycles. The highest BCUT2D eigenvalue weighted by Gasteiger charge is 2.32. The molecule has 2 aliphatic rings. The second-order valence-electron chi connectivity index (χ2n) is 6.23. The van der Waals surface area contributed by atoms with Crippen molar-refractivity contribution in [1.82, 2.24) is 15.1 Å². The fourth-order valence-electron chi connectivity index (χ4n) is 2.78. The van der Waals surface area contributed by atoms with Gasteiger partial charge in [-0.2, -0.15) is 0 Å². The Kier molecular flexibility index (Phi) is 4.66. The minimum Gasteiger partial charge on any atom is -0.498 e. The highest BCUT2D eigenvalue weighted by Crippen LogP contribution is 2.26. The minimum absolute atomic E-state index is 0.0269. The van der Waals surface area contributed by atoms with Crippen molar-refractivity contribution < 1.29 is 18.7 Å². The molecule has 0 unspecified atom stereocenters. The van der Waals surface area contributed by atoms with E-state index in [1.54, 1.807) is 4.90 Å². The summed E-state index contributed by atoms with van der Waals surface area (Å²) >= 11 is 0. The van der Waals surface area contributed by atoms with Gasteiger partial charge in [-0.25, -0.2) is 0 Å². The molecule has 3 heterocycles. The molecule has 0 radical (unpaired) electrons. The van der Waals surface area contributed by atoms with E-state index in [-0.39, 0.29) is 17.9 Å². The van der Waals surface area contributed by atoms with Crippen LogP contribution < -0.4 is 0 Å². The van der Waals surface area contributed by atoms with Crippen LogP contribution >= 0.6 is 0 Å². The Bertz CT molecular complexity index is 608. The summed E-state index contributed by atoms with van der Waals surface area (Å²) in [5, 5.41) is 8.10. The normalized spacial score (nSPS) is 22.4. The van der Waals surface area contributed by atoms with E-state index in [4.69, 9.17) is 13.9 Å². The molecule has 0 spiro atoms. The van der Waals surface area contributed by atoms with Crippen molar-refractivity contribution in [3.05, 3.63) is 23.1 Å². The van der Waals surface area contributed by atoms with Gasteiger partial charge in [0.05, 0.1) is 25.3 Å². The first kappa shape index (κ1) is 16.0. The van der Waals surface area contributed by atoms with E-state index >= 15 is 0 Å². The maximum absolute atomic E-state index is 12.7. The van der Waals surface area contributed by atoms with Gasteiger partial charge in [0.15, 0.2) is 6.10 Å². The Morgan fingerprint density at radius 3 is 2.83 bits per heavy atom. The average molecular weight is 321 g/mol. The predicted molar refractivity (Wildman–Crippen MR) is 81.5 cm³/mol. The molecule has 0 saturated carbocycles. The maximum atomic E-state index is 12.7. The van der Waals surface area contributed by atoms with Crippen molar-refractivity contribution in [1.29, 1.82) is 0 Å². The Hall–Kier alpha value is -1.89. The van der Waals surface area contributed by atoms with Crippen LogP contribution in [0.2, 0.25) is 0 Å². The first-order valence-electron chi connectivity index (χ1n) is 8.13. The van der Waals surface area contributed by atoms with Crippen molar-refractivity contribution in [2.45, 2.75) is 45.6 Å². The third-order valence-electron chi connectivity index (χ3n) is 4.15. The molecular weight excluding hydrogens is 298 g/mol. The monoisotopic (exact) mass is 321 g/mol. The molecule has 0 aromatic carbocycles. The van der Waals surface area contributed by atoms with Crippen molar-refractivity contribution >= 4 is 5.91 Å². The van der Waals surface area contributed by atoms with Crippen LogP contribution in [0, 0.1) is 0 Å². The topological polar surface area (TPSA) is 77.7 Å². The number of carbonyl (C=O) groups excluding carboxylic acids is 1. The number of rotatable bonds is 3. The van der Waals surface area contributed by atoms with Crippen molar-refractivity contribution in [2.24, 2.45) is 0 Å². The summed E-state index contributed by atoms with van der Waals surface area (Å²) in [5.74, 6) is 1.97. The zero-order chi connectivity index (χ0) is 16.4. The summed E-state index contributed by atoms with van der Waals surface area (Å²) in [7, 11) is 0. The lowest BCUT2D eigenvalue weighted by Crippen LogP contribution is -2.43. The number of hydrogen-bond acceptors (Lipinski definition) is 6. The zero-order valence-corrected chi connectivity index (χ0v) is 13.9. The van der Waals surface area contributed by atoms with Crippen LogP contribution in [-0.2, 0) is 14.3 Å². The molecule has 7 heteroatoms. The van der Waals surface area contributed by atoms with Crippen molar-refractivity contribution in [3.63, 3.8) is 0 Å². The quantitative estimate of drug-likeness (QED) is 0.849. The van der Waals surface area contributed by atoms with E-state index in [9.17, 15) is 4.79 Å². The van der Waals surface area contributed by atoms with Crippen LogP contribution in [0.5, 0.6) is 0 Å². The molecule has 1 amide bonds. The summed E-state index contributed by atoms with van der Waals surface area (Å²) in [6.07, 6.45) is 1.29. The molecule has 0 aliphatic carbocycles. The summed E-state index contributed by atoms with van der Waals surface area (Å²) in [6, 6.07) is 0. The average Bonchev–Trinajstić information content (AvgIpc) is 3.05. The van der Waals surface area contributed by atoms with Gasteiger partial charge in [0.25, 0.3) is 5.91 Å². The molecule has 7 nitrogen and oxygen atoms in total. The molecular formula is C16H23N3O4. The largest absolute Gasteiger partial charge is 0.498 e. The molecule has 1 aromatic heterocycles. The van der Waals surface area contributed by atoms with Crippen LogP contribution in [0.1, 0.15) is 57.4 Å². The van der Waals surface area contributed by atoms with Gasteiger partial charge in [-0.3, -0.25) is 4.79 Å². The molecule has 1 saturated heterocycles. The molecule has 126 valence electrons.